The maximum absolute atomic E-state index is 12.3. The standard InChI is InChI=1S/C18H22N2OS/c1-19(11-7-15-8-12-22-14-15)9-4-10-20-13-16-5-2-3-6-17(16)18(20)21/h2-3,5-6,8,12,14H,4,7,9-11,13H2,1H3. The Bertz CT molecular complexity index is 624. The van der Waals surface area contributed by atoms with Gasteiger partial charge in [0.25, 0.3) is 5.91 Å². The lowest BCUT2D eigenvalue weighted by Gasteiger charge is -2.19. The van der Waals surface area contributed by atoms with E-state index >= 15 is 0 Å². The number of thiophene rings is 1. The van der Waals surface area contributed by atoms with E-state index in [1.807, 2.05) is 23.1 Å². The van der Waals surface area contributed by atoms with Gasteiger partial charge in [-0.1, -0.05) is 18.2 Å². The summed E-state index contributed by atoms with van der Waals surface area (Å²) in [6, 6.07) is 10.1. The van der Waals surface area contributed by atoms with Crippen LogP contribution in [0.4, 0.5) is 0 Å². The highest BCUT2D eigenvalue weighted by atomic mass is 32.1. The molecule has 1 aromatic heterocycles. The molecule has 0 fully saturated rings. The van der Waals surface area contributed by atoms with Crippen molar-refractivity contribution in [3.63, 3.8) is 0 Å². The van der Waals surface area contributed by atoms with Gasteiger partial charge >= 0.3 is 0 Å². The van der Waals surface area contributed by atoms with Crippen LogP contribution in [0.2, 0.25) is 0 Å². The molecule has 3 rings (SSSR count). The van der Waals surface area contributed by atoms with E-state index in [-0.39, 0.29) is 5.91 Å². The van der Waals surface area contributed by atoms with Crippen LogP contribution in [0.25, 0.3) is 0 Å². The number of benzene rings is 1. The van der Waals surface area contributed by atoms with Crippen LogP contribution >= 0.6 is 11.3 Å². The molecule has 0 saturated heterocycles. The fraction of sp³-hybridized carbons (Fsp3) is 0.389. The van der Waals surface area contributed by atoms with Crippen molar-refractivity contribution >= 4 is 17.2 Å². The van der Waals surface area contributed by atoms with Gasteiger partial charge in [0.2, 0.25) is 0 Å². The molecule has 2 heterocycles. The normalized spacial score (nSPS) is 13.9. The minimum Gasteiger partial charge on any atom is -0.334 e. The molecular weight excluding hydrogens is 292 g/mol. The number of carbonyl (C=O) groups excluding carboxylic acids is 1. The Hall–Kier alpha value is -1.65. The first kappa shape index (κ1) is 15.3. The summed E-state index contributed by atoms with van der Waals surface area (Å²) >= 11 is 1.76. The van der Waals surface area contributed by atoms with Crippen molar-refractivity contribution in [1.82, 2.24) is 9.80 Å². The van der Waals surface area contributed by atoms with Gasteiger partial charge in [-0.15, -0.1) is 0 Å². The summed E-state index contributed by atoms with van der Waals surface area (Å²) in [5, 5.41) is 4.35. The van der Waals surface area contributed by atoms with Crippen molar-refractivity contribution in [1.29, 1.82) is 0 Å². The van der Waals surface area contributed by atoms with E-state index in [4.69, 9.17) is 0 Å². The number of fused-ring (bicyclic) bond motifs is 1. The Labute approximate surface area is 136 Å². The molecule has 0 N–H and O–H groups in total. The molecule has 1 aliphatic heterocycles. The summed E-state index contributed by atoms with van der Waals surface area (Å²) in [4.78, 5) is 16.6. The predicted octanol–water partition coefficient (Wildman–Crippen LogP) is 3.27. The van der Waals surface area contributed by atoms with E-state index in [1.54, 1.807) is 11.3 Å². The molecular formula is C18H22N2OS. The van der Waals surface area contributed by atoms with E-state index in [9.17, 15) is 4.79 Å². The number of likely N-dealkylation sites (N-methyl/N-ethyl adjacent to an activating group) is 1. The summed E-state index contributed by atoms with van der Waals surface area (Å²) < 4.78 is 0. The number of carbonyl (C=O) groups is 1. The molecule has 0 bridgehead atoms. The molecule has 116 valence electrons. The Morgan fingerprint density at radius 2 is 2.09 bits per heavy atom. The van der Waals surface area contributed by atoms with Crippen LogP contribution in [-0.4, -0.2) is 42.4 Å². The van der Waals surface area contributed by atoms with Gasteiger partial charge in [-0.3, -0.25) is 4.79 Å². The molecule has 0 atom stereocenters. The first-order valence-electron chi connectivity index (χ1n) is 7.81. The lowest BCUT2D eigenvalue weighted by Crippen LogP contribution is -2.29. The van der Waals surface area contributed by atoms with E-state index in [1.165, 1.54) is 11.1 Å². The molecule has 0 unspecified atom stereocenters. The number of nitrogens with zero attached hydrogens (tertiary/aromatic N) is 2. The molecule has 3 nitrogen and oxygen atoms in total. The quantitative estimate of drug-likeness (QED) is 0.783. The summed E-state index contributed by atoms with van der Waals surface area (Å²) in [5.41, 5.74) is 3.47. The van der Waals surface area contributed by atoms with E-state index in [0.717, 1.165) is 44.6 Å². The minimum atomic E-state index is 0.191. The number of hydrogen-bond acceptors (Lipinski definition) is 3. The van der Waals surface area contributed by atoms with Gasteiger partial charge in [0.05, 0.1) is 0 Å². The Morgan fingerprint density at radius 1 is 1.23 bits per heavy atom. The third kappa shape index (κ3) is 3.57. The zero-order valence-corrected chi connectivity index (χ0v) is 13.8. The molecule has 1 aromatic carbocycles. The summed E-state index contributed by atoms with van der Waals surface area (Å²) in [6.45, 7) is 3.72. The third-order valence-corrected chi connectivity index (χ3v) is 4.96. The first-order chi connectivity index (χ1) is 10.7. The molecule has 4 heteroatoms. The Balaban J connectivity index is 1.39. The second-order valence-corrected chi connectivity index (χ2v) is 6.70. The average Bonchev–Trinajstić information content (AvgIpc) is 3.15. The van der Waals surface area contributed by atoms with Crippen molar-refractivity contribution in [2.24, 2.45) is 0 Å². The molecule has 0 spiro atoms. The SMILES string of the molecule is CN(CCCN1Cc2ccccc2C1=O)CCc1ccsc1. The highest BCUT2D eigenvalue weighted by Gasteiger charge is 2.25. The largest absolute Gasteiger partial charge is 0.334 e. The number of rotatable bonds is 7. The predicted molar refractivity (Wildman–Crippen MR) is 91.3 cm³/mol. The van der Waals surface area contributed by atoms with Gasteiger partial charge in [0, 0.05) is 25.2 Å². The second-order valence-electron chi connectivity index (χ2n) is 5.92. The second kappa shape index (κ2) is 7.07. The van der Waals surface area contributed by atoms with Crippen LogP contribution in [0.3, 0.4) is 0 Å². The molecule has 0 aliphatic carbocycles. The van der Waals surface area contributed by atoms with Crippen LogP contribution in [0.5, 0.6) is 0 Å². The van der Waals surface area contributed by atoms with Crippen molar-refractivity contribution in [3.05, 3.63) is 57.8 Å². The fourth-order valence-electron chi connectivity index (χ4n) is 2.89. The molecule has 0 saturated carbocycles. The van der Waals surface area contributed by atoms with Crippen LogP contribution in [-0.2, 0) is 13.0 Å². The highest BCUT2D eigenvalue weighted by Crippen LogP contribution is 2.22. The number of amides is 1. The van der Waals surface area contributed by atoms with Crippen LogP contribution in [0.1, 0.15) is 27.9 Å². The lowest BCUT2D eigenvalue weighted by molar-refractivity contribution is 0.0772. The Morgan fingerprint density at radius 3 is 2.86 bits per heavy atom. The van der Waals surface area contributed by atoms with E-state index < -0.39 is 0 Å². The van der Waals surface area contributed by atoms with E-state index in [2.05, 4.69) is 34.8 Å². The molecule has 22 heavy (non-hydrogen) atoms. The van der Waals surface area contributed by atoms with Gasteiger partial charge < -0.3 is 9.80 Å². The van der Waals surface area contributed by atoms with Crippen LogP contribution in [0, 0.1) is 0 Å². The Kier molecular flexibility index (Phi) is 4.90. The van der Waals surface area contributed by atoms with Gasteiger partial charge in [0.1, 0.15) is 0 Å². The van der Waals surface area contributed by atoms with Crippen LogP contribution < -0.4 is 0 Å². The van der Waals surface area contributed by atoms with Crippen LogP contribution in [0.15, 0.2) is 41.1 Å². The van der Waals surface area contributed by atoms with Crippen molar-refractivity contribution in [2.75, 3.05) is 26.7 Å². The smallest absolute Gasteiger partial charge is 0.254 e. The van der Waals surface area contributed by atoms with Crippen molar-refractivity contribution in [2.45, 2.75) is 19.4 Å². The van der Waals surface area contributed by atoms with Gasteiger partial charge in [-0.25, -0.2) is 0 Å². The first-order valence-corrected chi connectivity index (χ1v) is 8.75. The molecule has 1 aliphatic rings. The fourth-order valence-corrected chi connectivity index (χ4v) is 3.60. The average molecular weight is 314 g/mol. The van der Waals surface area contributed by atoms with Crippen molar-refractivity contribution in [3.8, 4) is 0 Å². The lowest BCUT2D eigenvalue weighted by atomic mass is 10.1. The van der Waals surface area contributed by atoms with Gasteiger partial charge in [0.15, 0.2) is 0 Å². The van der Waals surface area contributed by atoms with Crippen molar-refractivity contribution < 1.29 is 4.79 Å². The third-order valence-electron chi connectivity index (χ3n) is 4.23. The molecule has 2 aromatic rings. The van der Waals surface area contributed by atoms with Gasteiger partial charge in [-0.2, -0.15) is 11.3 Å². The monoisotopic (exact) mass is 314 g/mol. The summed E-state index contributed by atoms with van der Waals surface area (Å²) in [5.74, 6) is 0.191. The minimum absolute atomic E-state index is 0.191. The zero-order valence-electron chi connectivity index (χ0n) is 13.0. The molecule has 0 radical (unpaired) electrons. The highest BCUT2D eigenvalue weighted by molar-refractivity contribution is 7.07. The maximum Gasteiger partial charge on any atom is 0.254 e. The molecule has 1 amide bonds. The summed E-state index contributed by atoms with van der Waals surface area (Å²) in [7, 11) is 2.16. The topological polar surface area (TPSA) is 23.6 Å². The summed E-state index contributed by atoms with van der Waals surface area (Å²) in [6.07, 6.45) is 2.13. The van der Waals surface area contributed by atoms with Gasteiger partial charge in [-0.05, 0) is 60.5 Å². The number of hydrogen-bond donors (Lipinski definition) is 0. The maximum atomic E-state index is 12.3. The van der Waals surface area contributed by atoms with E-state index in [0.29, 0.717) is 0 Å². The zero-order chi connectivity index (χ0) is 15.4.